The van der Waals surface area contributed by atoms with Crippen molar-refractivity contribution in [3.63, 3.8) is 0 Å². The van der Waals surface area contributed by atoms with Crippen molar-refractivity contribution in [2.45, 2.75) is 26.1 Å². The smallest absolute Gasteiger partial charge is 0.354 e. The number of hydrogen-bond acceptors (Lipinski definition) is 5. The first-order valence-electron chi connectivity index (χ1n) is 5.63. The molecular weight excluding hydrogens is 252 g/mol. The zero-order valence-electron chi connectivity index (χ0n) is 10.6. The SMILES string of the molecule is CC(=O)NCC(O)C(O)c1cnc(C(=O)O)c(C)c1. The molecule has 0 saturated carbocycles. The van der Waals surface area contributed by atoms with Gasteiger partial charge in [-0.3, -0.25) is 4.79 Å². The van der Waals surface area contributed by atoms with Gasteiger partial charge in [0.15, 0.2) is 5.69 Å². The van der Waals surface area contributed by atoms with Crippen LogP contribution in [0.4, 0.5) is 0 Å². The molecule has 0 spiro atoms. The second kappa shape index (κ2) is 6.26. The van der Waals surface area contributed by atoms with Gasteiger partial charge in [-0.2, -0.15) is 0 Å². The van der Waals surface area contributed by atoms with Gasteiger partial charge < -0.3 is 20.6 Å². The van der Waals surface area contributed by atoms with Crippen LogP contribution in [0.2, 0.25) is 0 Å². The third-order valence-corrected chi connectivity index (χ3v) is 2.57. The lowest BCUT2D eigenvalue weighted by atomic mass is 10.0. The van der Waals surface area contributed by atoms with E-state index in [1.807, 2.05) is 0 Å². The molecule has 1 amide bonds. The first-order valence-corrected chi connectivity index (χ1v) is 5.63. The van der Waals surface area contributed by atoms with Gasteiger partial charge >= 0.3 is 5.97 Å². The van der Waals surface area contributed by atoms with E-state index in [0.29, 0.717) is 11.1 Å². The van der Waals surface area contributed by atoms with Gasteiger partial charge in [0, 0.05) is 25.2 Å². The van der Waals surface area contributed by atoms with Gasteiger partial charge in [-0.25, -0.2) is 9.78 Å². The molecule has 0 aromatic carbocycles. The van der Waals surface area contributed by atoms with Gasteiger partial charge in [-0.15, -0.1) is 0 Å². The molecule has 0 aliphatic rings. The second-order valence-corrected chi connectivity index (χ2v) is 4.19. The molecule has 1 aromatic heterocycles. The van der Waals surface area contributed by atoms with Crippen molar-refractivity contribution in [2.75, 3.05) is 6.54 Å². The first kappa shape index (κ1) is 15.1. The first-order chi connectivity index (χ1) is 8.82. The number of carbonyl (C=O) groups is 2. The highest BCUT2D eigenvalue weighted by Gasteiger charge is 2.20. The Hall–Kier alpha value is -1.99. The van der Waals surface area contributed by atoms with Crippen LogP contribution >= 0.6 is 0 Å². The van der Waals surface area contributed by atoms with E-state index in [2.05, 4.69) is 10.3 Å². The molecule has 104 valence electrons. The number of amides is 1. The average Bonchev–Trinajstić information content (AvgIpc) is 2.34. The molecule has 0 fully saturated rings. The van der Waals surface area contributed by atoms with Crippen molar-refractivity contribution in [3.05, 3.63) is 29.1 Å². The Morgan fingerprint density at radius 2 is 2.05 bits per heavy atom. The largest absolute Gasteiger partial charge is 0.477 e. The number of aliphatic hydroxyl groups excluding tert-OH is 2. The summed E-state index contributed by atoms with van der Waals surface area (Å²) in [4.78, 5) is 25.2. The Morgan fingerprint density at radius 3 is 2.53 bits per heavy atom. The Kier molecular flexibility index (Phi) is 4.96. The molecule has 2 unspecified atom stereocenters. The van der Waals surface area contributed by atoms with Crippen LogP contribution in [-0.2, 0) is 4.79 Å². The minimum atomic E-state index is -1.25. The summed E-state index contributed by atoms with van der Waals surface area (Å²) in [5, 5.41) is 30.8. The zero-order valence-corrected chi connectivity index (χ0v) is 10.6. The lowest BCUT2D eigenvalue weighted by Crippen LogP contribution is -2.34. The number of carbonyl (C=O) groups excluding carboxylic acids is 1. The number of rotatable bonds is 5. The molecule has 0 radical (unpaired) electrons. The number of carboxylic acids is 1. The highest BCUT2D eigenvalue weighted by molar-refractivity contribution is 5.86. The summed E-state index contributed by atoms with van der Waals surface area (Å²) in [7, 11) is 0. The maximum Gasteiger partial charge on any atom is 0.354 e. The third-order valence-electron chi connectivity index (χ3n) is 2.57. The monoisotopic (exact) mass is 268 g/mol. The topological polar surface area (TPSA) is 120 Å². The van der Waals surface area contributed by atoms with E-state index in [0.717, 1.165) is 0 Å². The Morgan fingerprint density at radius 1 is 1.42 bits per heavy atom. The van der Waals surface area contributed by atoms with Gasteiger partial charge in [0.1, 0.15) is 12.2 Å². The molecule has 2 atom stereocenters. The van der Waals surface area contributed by atoms with Crippen LogP contribution in [0.25, 0.3) is 0 Å². The molecule has 7 heteroatoms. The standard InChI is InChI=1S/C12H16N2O5/c1-6-3-8(4-14-10(6)12(18)19)11(17)9(16)5-13-7(2)15/h3-4,9,11,16-17H,5H2,1-2H3,(H,13,15)(H,18,19). The fraction of sp³-hybridized carbons (Fsp3) is 0.417. The zero-order chi connectivity index (χ0) is 14.6. The Bertz CT molecular complexity index is 489. The van der Waals surface area contributed by atoms with E-state index in [4.69, 9.17) is 5.11 Å². The summed E-state index contributed by atoms with van der Waals surface area (Å²) < 4.78 is 0. The lowest BCUT2D eigenvalue weighted by Gasteiger charge is -2.18. The van der Waals surface area contributed by atoms with E-state index >= 15 is 0 Å². The lowest BCUT2D eigenvalue weighted by molar-refractivity contribution is -0.119. The predicted molar refractivity (Wildman–Crippen MR) is 65.6 cm³/mol. The summed E-state index contributed by atoms with van der Waals surface area (Å²) in [5.74, 6) is -1.47. The number of pyridine rings is 1. The number of aryl methyl sites for hydroxylation is 1. The van der Waals surface area contributed by atoms with Crippen LogP contribution in [0.3, 0.4) is 0 Å². The summed E-state index contributed by atoms with van der Waals surface area (Å²) in [6.45, 7) is 2.75. The number of hydrogen-bond donors (Lipinski definition) is 4. The van der Waals surface area contributed by atoms with Crippen LogP contribution in [0.1, 0.15) is 34.6 Å². The molecule has 7 nitrogen and oxygen atoms in total. The average molecular weight is 268 g/mol. The molecule has 0 aliphatic carbocycles. The third kappa shape index (κ3) is 4.01. The van der Waals surface area contributed by atoms with Crippen molar-refractivity contribution in [1.29, 1.82) is 0 Å². The van der Waals surface area contributed by atoms with Crippen LogP contribution in [0, 0.1) is 6.92 Å². The number of nitrogens with one attached hydrogen (secondary N) is 1. The Labute approximate surface area is 109 Å². The maximum absolute atomic E-state index is 10.8. The summed E-state index contributed by atoms with van der Waals surface area (Å²) in [5.41, 5.74) is 0.573. The van der Waals surface area contributed by atoms with E-state index < -0.39 is 18.2 Å². The van der Waals surface area contributed by atoms with Crippen molar-refractivity contribution >= 4 is 11.9 Å². The van der Waals surface area contributed by atoms with Crippen LogP contribution in [0.5, 0.6) is 0 Å². The number of carboxylic acid groups (broad SMARTS) is 1. The minimum absolute atomic E-state index is 0.101. The number of aromatic carboxylic acids is 1. The van der Waals surface area contributed by atoms with E-state index in [9.17, 15) is 19.8 Å². The fourth-order valence-electron chi connectivity index (χ4n) is 1.56. The quantitative estimate of drug-likeness (QED) is 0.578. The van der Waals surface area contributed by atoms with Crippen molar-refractivity contribution in [2.24, 2.45) is 0 Å². The number of aromatic nitrogens is 1. The van der Waals surface area contributed by atoms with E-state index in [1.165, 1.54) is 19.2 Å². The number of aliphatic hydroxyl groups is 2. The molecule has 1 rings (SSSR count). The summed E-state index contributed by atoms with van der Waals surface area (Å²) in [6.07, 6.45) is -1.25. The second-order valence-electron chi connectivity index (χ2n) is 4.19. The van der Waals surface area contributed by atoms with Crippen molar-refractivity contribution in [3.8, 4) is 0 Å². The van der Waals surface area contributed by atoms with E-state index in [-0.39, 0.29) is 18.1 Å². The molecule has 19 heavy (non-hydrogen) atoms. The van der Waals surface area contributed by atoms with Crippen LogP contribution < -0.4 is 5.32 Å². The molecule has 1 heterocycles. The predicted octanol–water partition coefficient (Wildman–Crippen LogP) is -0.381. The Balaban J connectivity index is 2.82. The maximum atomic E-state index is 10.8. The minimum Gasteiger partial charge on any atom is -0.477 e. The molecule has 1 aromatic rings. The van der Waals surface area contributed by atoms with Gasteiger partial charge in [-0.05, 0) is 18.6 Å². The fourth-order valence-corrected chi connectivity index (χ4v) is 1.56. The van der Waals surface area contributed by atoms with Crippen molar-refractivity contribution < 1.29 is 24.9 Å². The van der Waals surface area contributed by atoms with Gasteiger partial charge in [-0.1, -0.05) is 0 Å². The van der Waals surface area contributed by atoms with Crippen molar-refractivity contribution in [1.82, 2.24) is 10.3 Å². The van der Waals surface area contributed by atoms with Crippen LogP contribution in [-0.4, -0.2) is 44.8 Å². The molecule has 0 aliphatic heterocycles. The highest BCUT2D eigenvalue weighted by atomic mass is 16.4. The molecule has 0 bridgehead atoms. The normalized spacial score (nSPS) is 13.7. The van der Waals surface area contributed by atoms with Gasteiger partial charge in [0.25, 0.3) is 0 Å². The highest BCUT2D eigenvalue weighted by Crippen LogP contribution is 2.18. The molecular formula is C12H16N2O5. The van der Waals surface area contributed by atoms with Gasteiger partial charge in [0.05, 0.1) is 0 Å². The molecule has 4 N–H and O–H groups in total. The van der Waals surface area contributed by atoms with Gasteiger partial charge in [0.2, 0.25) is 5.91 Å². The summed E-state index contributed by atoms with van der Waals surface area (Å²) in [6, 6.07) is 1.44. The number of nitrogens with zero attached hydrogens (tertiary/aromatic N) is 1. The van der Waals surface area contributed by atoms with Crippen LogP contribution in [0.15, 0.2) is 12.3 Å². The summed E-state index contributed by atoms with van der Waals surface area (Å²) >= 11 is 0. The molecule has 0 saturated heterocycles. The van der Waals surface area contributed by atoms with E-state index in [1.54, 1.807) is 6.92 Å².